The summed E-state index contributed by atoms with van der Waals surface area (Å²) in [5.41, 5.74) is 2.29. The van der Waals surface area contributed by atoms with Crippen LogP contribution in [0.2, 0.25) is 0 Å². The first-order chi connectivity index (χ1) is 11.0. The van der Waals surface area contributed by atoms with Crippen LogP contribution in [0.5, 0.6) is 11.5 Å². The Balaban J connectivity index is 0.000000463. The highest BCUT2D eigenvalue weighted by Gasteiger charge is 2.22. The zero-order valence-corrected chi connectivity index (χ0v) is 15.1. The maximum atomic E-state index is 9.34. The third-order valence-electron chi connectivity index (χ3n) is 4.11. The molecule has 2 nitrogen and oxygen atoms in total. The molecule has 2 aromatic carbocycles. The SMILES string of the molecule is CCCCC.COc1ccc(C(C)(C)c2ccc(O)cc2)cc1. The lowest BCUT2D eigenvalue weighted by Crippen LogP contribution is -2.18. The van der Waals surface area contributed by atoms with Crippen molar-refractivity contribution in [2.24, 2.45) is 0 Å². The first-order valence-corrected chi connectivity index (χ1v) is 8.39. The number of phenols is 1. The quantitative estimate of drug-likeness (QED) is 0.742. The van der Waals surface area contributed by atoms with Crippen molar-refractivity contribution in [1.29, 1.82) is 0 Å². The largest absolute Gasteiger partial charge is 0.508 e. The molecule has 0 unspecified atom stereocenters. The van der Waals surface area contributed by atoms with Crippen LogP contribution in [-0.2, 0) is 5.41 Å². The zero-order valence-electron chi connectivity index (χ0n) is 15.1. The fourth-order valence-corrected chi connectivity index (χ4v) is 2.41. The van der Waals surface area contributed by atoms with Crippen molar-refractivity contribution in [1.82, 2.24) is 0 Å². The molecule has 1 N–H and O–H groups in total. The maximum absolute atomic E-state index is 9.34. The Labute approximate surface area is 141 Å². The lowest BCUT2D eigenvalue weighted by molar-refractivity contribution is 0.414. The summed E-state index contributed by atoms with van der Waals surface area (Å²) >= 11 is 0. The average Bonchev–Trinajstić information content (AvgIpc) is 2.56. The second kappa shape index (κ2) is 9.24. The van der Waals surface area contributed by atoms with E-state index in [0.717, 1.165) is 5.75 Å². The highest BCUT2D eigenvalue weighted by molar-refractivity contribution is 5.41. The molecule has 0 bridgehead atoms. The number of aromatic hydroxyl groups is 1. The summed E-state index contributed by atoms with van der Waals surface area (Å²) < 4.78 is 5.17. The molecular weight excluding hydrogens is 284 g/mol. The van der Waals surface area contributed by atoms with E-state index in [1.165, 1.54) is 30.4 Å². The Morgan fingerprint density at radius 1 is 0.826 bits per heavy atom. The fourth-order valence-electron chi connectivity index (χ4n) is 2.41. The smallest absolute Gasteiger partial charge is 0.118 e. The number of phenolic OH excluding ortho intramolecular Hbond substituents is 1. The van der Waals surface area contributed by atoms with Crippen molar-refractivity contribution >= 4 is 0 Å². The van der Waals surface area contributed by atoms with Gasteiger partial charge in [0.05, 0.1) is 7.11 Å². The number of hydrogen-bond acceptors (Lipinski definition) is 2. The third-order valence-corrected chi connectivity index (χ3v) is 4.11. The molecular formula is C21H30O2. The van der Waals surface area contributed by atoms with Gasteiger partial charge in [-0.15, -0.1) is 0 Å². The Morgan fingerprint density at radius 3 is 1.61 bits per heavy atom. The van der Waals surface area contributed by atoms with Crippen molar-refractivity contribution in [3.8, 4) is 11.5 Å². The predicted octanol–water partition coefficient (Wildman–Crippen LogP) is 5.92. The molecule has 23 heavy (non-hydrogen) atoms. The van der Waals surface area contributed by atoms with Crippen LogP contribution >= 0.6 is 0 Å². The summed E-state index contributed by atoms with van der Waals surface area (Å²) in [5.74, 6) is 1.16. The van der Waals surface area contributed by atoms with Crippen LogP contribution in [-0.4, -0.2) is 12.2 Å². The molecule has 0 amide bonds. The Morgan fingerprint density at radius 2 is 1.26 bits per heavy atom. The second-order valence-corrected chi connectivity index (χ2v) is 6.25. The molecule has 0 radical (unpaired) electrons. The van der Waals surface area contributed by atoms with E-state index in [0.29, 0.717) is 5.75 Å². The molecule has 2 rings (SSSR count). The van der Waals surface area contributed by atoms with E-state index >= 15 is 0 Å². The molecule has 0 spiro atoms. The van der Waals surface area contributed by atoms with E-state index in [1.807, 2.05) is 24.3 Å². The van der Waals surface area contributed by atoms with Crippen LogP contribution in [0.4, 0.5) is 0 Å². The standard InChI is InChI=1S/C16H18O2.C5H12/c1-16(2,12-4-8-14(17)9-5-12)13-6-10-15(18-3)11-7-13;1-3-5-4-2/h4-11,17H,1-3H3;3-5H2,1-2H3. The van der Waals surface area contributed by atoms with Crippen molar-refractivity contribution in [2.75, 3.05) is 7.11 Å². The molecule has 0 saturated carbocycles. The van der Waals surface area contributed by atoms with Crippen LogP contribution in [0.3, 0.4) is 0 Å². The number of methoxy groups -OCH3 is 1. The van der Waals surface area contributed by atoms with Gasteiger partial charge in [-0.25, -0.2) is 0 Å². The van der Waals surface area contributed by atoms with E-state index in [1.54, 1.807) is 19.2 Å². The van der Waals surface area contributed by atoms with Gasteiger partial charge in [0, 0.05) is 5.41 Å². The minimum atomic E-state index is -0.0973. The van der Waals surface area contributed by atoms with E-state index < -0.39 is 0 Å². The lowest BCUT2D eigenvalue weighted by Gasteiger charge is -2.26. The summed E-state index contributed by atoms with van der Waals surface area (Å²) in [5, 5.41) is 9.34. The van der Waals surface area contributed by atoms with E-state index in [4.69, 9.17) is 4.74 Å². The van der Waals surface area contributed by atoms with Crippen LogP contribution in [0, 0.1) is 0 Å². The van der Waals surface area contributed by atoms with Gasteiger partial charge in [0.2, 0.25) is 0 Å². The van der Waals surface area contributed by atoms with E-state index in [-0.39, 0.29) is 5.41 Å². The molecule has 0 fully saturated rings. The number of unbranched alkanes of at least 4 members (excludes halogenated alkanes) is 2. The van der Waals surface area contributed by atoms with Crippen molar-refractivity contribution in [3.63, 3.8) is 0 Å². The number of ether oxygens (including phenoxy) is 1. The van der Waals surface area contributed by atoms with Gasteiger partial charge in [-0.05, 0) is 35.4 Å². The summed E-state index contributed by atoms with van der Waals surface area (Å²) in [6.45, 7) is 8.76. The molecule has 0 aliphatic rings. The fraction of sp³-hybridized carbons (Fsp3) is 0.429. The molecule has 0 aliphatic carbocycles. The van der Waals surface area contributed by atoms with Gasteiger partial charge < -0.3 is 9.84 Å². The second-order valence-electron chi connectivity index (χ2n) is 6.25. The minimum absolute atomic E-state index is 0.0973. The summed E-state index contributed by atoms with van der Waals surface area (Å²) in [6, 6.07) is 15.5. The first kappa shape index (κ1) is 19.1. The van der Waals surface area contributed by atoms with Gasteiger partial charge >= 0.3 is 0 Å². The molecule has 2 aromatic rings. The van der Waals surface area contributed by atoms with E-state index in [2.05, 4.69) is 39.8 Å². The minimum Gasteiger partial charge on any atom is -0.508 e. The first-order valence-electron chi connectivity index (χ1n) is 8.39. The summed E-state index contributed by atoms with van der Waals surface area (Å²) in [6.07, 6.45) is 4.08. The zero-order chi connectivity index (χ0) is 17.3. The summed E-state index contributed by atoms with van der Waals surface area (Å²) in [7, 11) is 1.67. The van der Waals surface area contributed by atoms with Crippen LogP contribution in [0.25, 0.3) is 0 Å². The Hall–Kier alpha value is -1.96. The van der Waals surface area contributed by atoms with Gasteiger partial charge in [-0.1, -0.05) is 71.2 Å². The number of benzene rings is 2. The van der Waals surface area contributed by atoms with Gasteiger partial charge in [0.15, 0.2) is 0 Å². The van der Waals surface area contributed by atoms with Gasteiger partial charge in [0.1, 0.15) is 11.5 Å². The monoisotopic (exact) mass is 314 g/mol. The highest BCUT2D eigenvalue weighted by Crippen LogP contribution is 2.33. The number of rotatable bonds is 5. The topological polar surface area (TPSA) is 29.5 Å². The Kier molecular flexibility index (Phi) is 7.67. The predicted molar refractivity (Wildman–Crippen MR) is 98.4 cm³/mol. The normalized spacial score (nSPS) is 10.7. The number of hydrogen-bond donors (Lipinski definition) is 1. The van der Waals surface area contributed by atoms with Crippen molar-refractivity contribution in [3.05, 3.63) is 59.7 Å². The van der Waals surface area contributed by atoms with Crippen LogP contribution < -0.4 is 4.74 Å². The highest BCUT2D eigenvalue weighted by atomic mass is 16.5. The van der Waals surface area contributed by atoms with Crippen LogP contribution in [0.15, 0.2) is 48.5 Å². The molecule has 0 atom stereocenters. The summed E-state index contributed by atoms with van der Waals surface area (Å²) in [4.78, 5) is 0. The molecule has 2 heteroatoms. The molecule has 0 heterocycles. The van der Waals surface area contributed by atoms with Gasteiger partial charge in [-0.3, -0.25) is 0 Å². The Bertz CT molecular complexity index is 551. The average molecular weight is 314 g/mol. The molecule has 0 aliphatic heterocycles. The van der Waals surface area contributed by atoms with Crippen molar-refractivity contribution in [2.45, 2.75) is 52.4 Å². The van der Waals surface area contributed by atoms with Crippen LogP contribution in [0.1, 0.15) is 58.1 Å². The molecule has 0 saturated heterocycles. The van der Waals surface area contributed by atoms with Crippen molar-refractivity contribution < 1.29 is 9.84 Å². The molecule has 126 valence electrons. The van der Waals surface area contributed by atoms with Gasteiger partial charge in [-0.2, -0.15) is 0 Å². The third kappa shape index (κ3) is 5.63. The maximum Gasteiger partial charge on any atom is 0.118 e. The molecule has 0 aromatic heterocycles. The van der Waals surface area contributed by atoms with E-state index in [9.17, 15) is 5.11 Å². The van der Waals surface area contributed by atoms with Gasteiger partial charge in [0.25, 0.3) is 0 Å². The lowest BCUT2D eigenvalue weighted by atomic mass is 9.78.